The van der Waals surface area contributed by atoms with Gasteiger partial charge in [0.1, 0.15) is 0 Å². The second kappa shape index (κ2) is 7.14. The largest absolute Gasteiger partial charge is 0.388 e. The number of benzene rings is 1. The van der Waals surface area contributed by atoms with Crippen molar-refractivity contribution >= 4 is 11.6 Å². The lowest BCUT2D eigenvalue weighted by atomic mass is 10.1. The van der Waals surface area contributed by atoms with Crippen molar-refractivity contribution in [3.05, 3.63) is 29.3 Å². The van der Waals surface area contributed by atoms with Crippen LogP contribution < -0.4 is 5.32 Å². The number of anilines is 1. The van der Waals surface area contributed by atoms with Gasteiger partial charge in [0.2, 0.25) is 0 Å². The molecule has 1 aromatic rings. The van der Waals surface area contributed by atoms with Gasteiger partial charge in [0.05, 0.1) is 12.7 Å². The van der Waals surface area contributed by atoms with E-state index in [4.69, 9.17) is 4.74 Å². The van der Waals surface area contributed by atoms with Crippen molar-refractivity contribution in [3.63, 3.8) is 0 Å². The van der Waals surface area contributed by atoms with Crippen molar-refractivity contribution in [2.24, 2.45) is 0 Å². The van der Waals surface area contributed by atoms with E-state index in [0.717, 1.165) is 16.8 Å². The molecule has 19 heavy (non-hydrogen) atoms. The smallest absolute Gasteiger partial charge is 0.253 e. The molecule has 4 nitrogen and oxygen atoms in total. The summed E-state index contributed by atoms with van der Waals surface area (Å²) in [5.74, 6) is 0.0347. The number of hydrogen-bond donors (Lipinski definition) is 1. The molecule has 1 aromatic carbocycles. The Labute approximate surface area is 115 Å². The zero-order chi connectivity index (χ0) is 14.4. The fourth-order valence-corrected chi connectivity index (χ4v) is 1.79. The van der Waals surface area contributed by atoms with Gasteiger partial charge in [-0.15, -0.1) is 0 Å². The molecule has 0 fully saturated rings. The van der Waals surface area contributed by atoms with Gasteiger partial charge in [-0.25, -0.2) is 0 Å². The Kier molecular flexibility index (Phi) is 5.83. The van der Waals surface area contributed by atoms with E-state index in [-0.39, 0.29) is 12.0 Å². The Morgan fingerprint density at radius 2 is 2.11 bits per heavy atom. The van der Waals surface area contributed by atoms with Gasteiger partial charge in [0.25, 0.3) is 5.91 Å². The van der Waals surface area contributed by atoms with Crippen LogP contribution in [0.3, 0.4) is 0 Å². The summed E-state index contributed by atoms with van der Waals surface area (Å²) >= 11 is 0. The van der Waals surface area contributed by atoms with Crippen molar-refractivity contribution in [3.8, 4) is 0 Å². The summed E-state index contributed by atoms with van der Waals surface area (Å²) in [5, 5.41) is 3.06. The zero-order valence-corrected chi connectivity index (χ0v) is 12.5. The van der Waals surface area contributed by atoms with Crippen LogP contribution in [0, 0.1) is 6.92 Å². The quantitative estimate of drug-likeness (QED) is 0.858. The van der Waals surface area contributed by atoms with Crippen LogP contribution in [0.25, 0.3) is 0 Å². The summed E-state index contributed by atoms with van der Waals surface area (Å²) in [5.41, 5.74) is 2.74. The normalized spacial score (nSPS) is 10.6. The molecule has 1 rings (SSSR count). The second-order valence-corrected chi connectivity index (χ2v) is 4.93. The van der Waals surface area contributed by atoms with Crippen LogP contribution in [0.1, 0.15) is 29.8 Å². The van der Waals surface area contributed by atoms with E-state index >= 15 is 0 Å². The molecule has 0 unspecified atom stereocenters. The average molecular weight is 264 g/mol. The highest BCUT2D eigenvalue weighted by atomic mass is 16.5. The van der Waals surface area contributed by atoms with E-state index in [1.54, 1.807) is 11.9 Å². The first-order valence-electron chi connectivity index (χ1n) is 6.61. The van der Waals surface area contributed by atoms with E-state index in [1.807, 2.05) is 46.0 Å². The van der Waals surface area contributed by atoms with Gasteiger partial charge in [-0.1, -0.05) is 0 Å². The van der Waals surface area contributed by atoms with Gasteiger partial charge >= 0.3 is 0 Å². The van der Waals surface area contributed by atoms with E-state index < -0.39 is 0 Å². The fourth-order valence-electron chi connectivity index (χ4n) is 1.79. The van der Waals surface area contributed by atoms with Gasteiger partial charge in [0.15, 0.2) is 0 Å². The predicted molar refractivity (Wildman–Crippen MR) is 78.8 cm³/mol. The third-order valence-corrected chi connectivity index (χ3v) is 2.97. The molecule has 0 radical (unpaired) electrons. The number of rotatable bonds is 6. The maximum absolute atomic E-state index is 12.3. The molecule has 0 heterocycles. The van der Waals surface area contributed by atoms with Crippen LogP contribution in [-0.4, -0.2) is 44.2 Å². The summed E-state index contributed by atoms with van der Waals surface area (Å²) < 4.78 is 5.46. The number of hydrogen-bond acceptors (Lipinski definition) is 3. The molecule has 0 saturated heterocycles. The number of amides is 1. The van der Waals surface area contributed by atoms with Crippen molar-refractivity contribution in [2.75, 3.05) is 32.6 Å². The molecule has 0 aliphatic heterocycles. The van der Waals surface area contributed by atoms with E-state index in [9.17, 15) is 4.79 Å². The second-order valence-electron chi connectivity index (χ2n) is 4.93. The van der Waals surface area contributed by atoms with Crippen LogP contribution in [0.15, 0.2) is 18.2 Å². The highest BCUT2D eigenvalue weighted by Gasteiger charge is 2.14. The first-order valence-corrected chi connectivity index (χ1v) is 6.61. The molecular formula is C15H24N2O2. The van der Waals surface area contributed by atoms with Crippen LogP contribution in [0.4, 0.5) is 5.69 Å². The molecule has 0 aromatic heterocycles. The van der Waals surface area contributed by atoms with E-state index in [1.165, 1.54) is 0 Å². The fraction of sp³-hybridized carbons (Fsp3) is 0.533. The highest BCUT2D eigenvalue weighted by Crippen LogP contribution is 2.16. The number of nitrogens with zero attached hydrogens (tertiary/aromatic N) is 1. The first kappa shape index (κ1) is 15.5. The third kappa shape index (κ3) is 4.56. The minimum atomic E-state index is 0.0347. The molecule has 0 aliphatic rings. The summed E-state index contributed by atoms with van der Waals surface area (Å²) in [4.78, 5) is 14.0. The minimum absolute atomic E-state index is 0.0347. The number of carbonyl (C=O) groups is 1. The van der Waals surface area contributed by atoms with E-state index in [0.29, 0.717) is 13.2 Å². The van der Waals surface area contributed by atoms with Gasteiger partial charge in [-0.05, 0) is 44.5 Å². The molecule has 4 heteroatoms. The lowest BCUT2D eigenvalue weighted by Crippen LogP contribution is -2.31. The standard InChI is InChI=1S/C15H24N2O2/c1-11(2)19-9-8-17(5)15(18)14-7-6-13(16-4)10-12(14)3/h6-7,10-11,16H,8-9H2,1-5H3. The number of ether oxygens (including phenoxy) is 1. The topological polar surface area (TPSA) is 41.6 Å². The van der Waals surface area contributed by atoms with Gasteiger partial charge in [0, 0.05) is 31.9 Å². The summed E-state index contributed by atoms with van der Waals surface area (Å²) in [6.45, 7) is 7.09. The van der Waals surface area contributed by atoms with Gasteiger partial charge < -0.3 is 15.0 Å². The SMILES string of the molecule is CNc1ccc(C(=O)N(C)CCOC(C)C)c(C)c1. The van der Waals surface area contributed by atoms with E-state index in [2.05, 4.69) is 5.32 Å². The maximum atomic E-state index is 12.3. The number of likely N-dealkylation sites (N-methyl/N-ethyl adjacent to an activating group) is 1. The molecule has 106 valence electrons. The molecule has 1 N–H and O–H groups in total. The lowest BCUT2D eigenvalue weighted by molar-refractivity contribution is 0.0531. The first-order chi connectivity index (χ1) is 8.95. The van der Waals surface area contributed by atoms with Crippen LogP contribution in [0.2, 0.25) is 0 Å². The number of aryl methyl sites for hydroxylation is 1. The predicted octanol–water partition coefficient (Wildman–Crippen LogP) is 2.53. The van der Waals surface area contributed by atoms with Crippen LogP contribution >= 0.6 is 0 Å². The molecule has 0 aliphatic carbocycles. The highest BCUT2D eigenvalue weighted by molar-refractivity contribution is 5.95. The van der Waals surface area contributed by atoms with Crippen LogP contribution in [0.5, 0.6) is 0 Å². The summed E-state index contributed by atoms with van der Waals surface area (Å²) in [6, 6.07) is 5.76. The lowest BCUT2D eigenvalue weighted by Gasteiger charge is -2.19. The molecular weight excluding hydrogens is 240 g/mol. The minimum Gasteiger partial charge on any atom is -0.388 e. The summed E-state index contributed by atoms with van der Waals surface area (Å²) in [7, 11) is 3.67. The number of nitrogens with one attached hydrogen (secondary N) is 1. The average Bonchev–Trinajstić information content (AvgIpc) is 2.37. The Morgan fingerprint density at radius 3 is 2.63 bits per heavy atom. The van der Waals surface area contributed by atoms with Gasteiger partial charge in [-0.2, -0.15) is 0 Å². The Balaban J connectivity index is 2.66. The molecule has 0 spiro atoms. The Morgan fingerprint density at radius 1 is 1.42 bits per heavy atom. The van der Waals surface area contributed by atoms with Crippen molar-refractivity contribution < 1.29 is 9.53 Å². The van der Waals surface area contributed by atoms with Crippen molar-refractivity contribution in [1.82, 2.24) is 4.90 Å². The number of carbonyl (C=O) groups excluding carboxylic acids is 1. The van der Waals surface area contributed by atoms with Crippen molar-refractivity contribution in [2.45, 2.75) is 26.9 Å². The maximum Gasteiger partial charge on any atom is 0.253 e. The third-order valence-electron chi connectivity index (χ3n) is 2.97. The molecule has 0 atom stereocenters. The van der Waals surface area contributed by atoms with Crippen molar-refractivity contribution in [1.29, 1.82) is 0 Å². The van der Waals surface area contributed by atoms with Crippen LogP contribution in [-0.2, 0) is 4.74 Å². The Bertz CT molecular complexity index is 430. The monoisotopic (exact) mass is 264 g/mol. The Hall–Kier alpha value is -1.55. The molecule has 0 bridgehead atoms. The zero-order valence-electron chi connectivity index (χ0n) is 12.5. The molecule has 1 amide bonds. The van der Waals surface area contributed by atoms with Gasteiger partial charge in [-0.3, -0.25) is 4.79 Å². The molecule has 0 saturated carbocycles. The summed E-state index contributed by atoms with van der Waals surface area (Å²) in [6.07, 6.45) is 0.195.